The fourth-order valence-electron chi connectivity index (χ4n) is 3.38. The predicted molar refractivity (Wildman–Crippen MR) is 105 cm³/mol. The topological polar surface area (TPSA) is 46.0 Å². The van der Waals surface area contributed by atoms with E-state index in [1.165, 1.54) is 16.7 Å². The Morgan fingerprint density at radius 3 is 2.44 bits per heavy atom. The molecule has 1 amide bonds. The molecule has 2 N–H and O–H groups in total. The van der Waals surface area contributed by atoms with Crippen LogP contribution < -0.4 is 19.9 Å². The molecule has 1 fully saturated rings. The van der Waals surface area contributed by atoms with Crippen LogP contribution in [0.15, 0.2) is 42.5 Å². The van der Waals surface area contributed by atoms with Crippen molar-refractivity contribution in [2.24, 2.45) is 0 Å². The molecular weight excluding hydrogens is 345 g/mol. The van der Waals surface area contributed by atoms with E-state index in [2.05, 4.69) is 22.3 Å². The zero-order chi connectivity index (χ0) is 19.4. The Morgan fingerprint density at radius 1 is 1.19 bits per heavy atom. The fraction of sp³-hybridized carbons (Fsp3) is 0.381. The third-order valence-corrected chi connectivity index (χ3v) is 5.29. The molecule has 1 aliphatic rings. The van der Waals surface area contributed by atoms with Crippen molar-refractivity contribution in [3.63, 3.8) is 0 Å². The van der Waals surface area contributed by atoms with Crippen molar-refractivity contribution in [2.75, 3.05) is 43.5 Å². The van der Waals surface area contributed by atoms with E-state index in [0.29, 0.717) is 11.3 Å². The summed E-state index contributed by atoms with van der Waals surface area (Å²) < 4.78 is 18.9. The van der Waals surface area contributed by atoms with Gasteiger partial charge in [0.1, 0.15) is 11.6 Å². The molecule has 6 heteroatoms. The largest absolute Gasteiger partial charge is 0.497 e. The highest BCUT2D eigenvalue weighted by Gasteiger charge is 2.29. The second-order valence-electron chi connectivity index (χ2n) is 7.02. The third-order valence-electron chi connectivity index (χ3n) is 5.29. The molecular formula is C21H27FN3O2+. The Balaban J connectivity index is 1.54. The molecule has 5 nitrogen and oxygen atoms in total. The van der Waals surface area contributed by atoms with Crippen LogP contribution in [0.25, 0.3) is 0 Å². The van der Waals surface area contributed by atoms with Gasteiger partial charge in [0.15, 0.2) is 6.04 Å². The second-order valence-corrected chi connectivity index (χ2v) is 7.02. The number of quaternary nitrogens is 1. The molecule has 1 saturated heterocycles. The van der Waals surface area contributed by atoms with Crippen LogP contribution in [0.4, 0.5) is 15.8 Å². The Kier molecular flexibility index (Phi) is 5.96. The molecule has 0 unspecified atom stereocenters. The number of carbonyl (C=O) groups excluding carboxylic acids is 1. The van der Waals surface area contributed by atoms with Crippen molar-refractivity contribution in [1.82, 2.24) is 0 Å². The van der Waals surface area contributed by atoms with Gasteiger partial charge in [0.05, 0.1) is 33.3 Å². The van der Waals surface area contributed by atoms with E-state index in [1.807, 2.05) is 19.1 Å². The van der Waals surface area contributed by atoms with E-state index in [0.717, 1.165) is 31.9 Å². The van der Waals surface area contributed by atoms with Crippen molar-refractivity contribution in [1.29, 1.82) is 0 Å². The molecule has 0 saturated carbocycles. The number of benzene rings is 2. The molecule has 27 heavy (non-hydrogen) atoms. The Bertz CT molecular complexity index is 787. The number of hydrogen-bond acceptors (Lipinski definition) is 3. The van der Waals surface area contributed by atoms with Crippen molar-refractivity contribution in [3.05, 3.63) is 53.8 Å². The summed E-state index contributed by atoms with van der Waals surface area (Å²) in [5.41, 5.74) is 2.25. The van der Waals surface area contributed by atoms with Gasteiger partial charge in [-0.15, -0.1) is 0 Å². The van der Waals surface area contributed by atoms with Crippen LogP contribution >= 0.6 is 0 Å². The van der Waals surface area contributed by atoms with Crippen LogP contribution in [0.2, 0.25) is 0 Å². The number of amides is 1. The number of halogens is 1. The van der Waals surface area contributed by atoms with E-state index in [1.54, 1.807) is 26.2 Å². The number of hydrogen-bond donors (Lipinski definition) is 2. The van der Waals surface area contributed by atoms with Gasteiger partial charge in [-0.3, -0.25) is 4.79 Å². The first-order valence-electron chi connectivity index (χ1n) is 9.28. The maximum atomic E-state index is 13.7. The quantitative estimate of drug-likeness (QED) is 0.842. The Hall–Kier alpha value is -2.60. The lowest BCUT2D eigenvalue weighted by molar-refractivity contribution is -0.914. The SMILES string of the molecule is COc1ccc(N2CC[NH+]([C@H](C)C(=O)Nc3ccc(C)c(F)c3)CC2)cc1. The summed E-state index contributed by atoms with van der Waals surface area (Å²) in [6.45, 7) is 7.16. The fourth-order valence-corrected chi connectivity index (χ4v) is 3.38. The highest BCUT2D eigenvalue weighted by atomic mass is 19.1. The number of aryl methyl sites for hydroxylation is 1. The number of carbonyl (C=O) groups is 1. The van der Waals surface area contributed by atoms with Crippen LogP contribution in [0.1, 0.15) is 12.5 Å². The molecule has 2 aromatic rings. The number of ether oxygens (including phenoxy) is 1. The van der Waals surface area contributed by atoms with Gasteiger partial charge in [-0.05, 0) is 55.8 Å². The zero-order valence-electron chi connectivity index (χ0n) is 16.1. The van der Waals surface area contributed by atoms with Gasteiger partial charge in [0.25, 0.3) is 5.91 Å². The van der Waals surface area contributed by atoms with Gasteiger partial charge in [0, 0.05) is 11.4 Å². The van der Waals surface area contributed by atoms with Gasteiger partial charge in [0.2, 0.25) is 0 Å². The minimum atomic E-state index is -0.305. The number of rotatable bonds is 5. The van der Waals surface area contributed by atoms with Crippen molar-refractivity contribution in [3.8, 4) is 5.75 Å². The summed E-state index contributed by atoms with van der Waals surface area (Å²) >= 11 is 0. The van der Waals surface area contributed by atoms with Crippen LogP contribution in [0.5, 0.6) is 5.75 Å². The Morgan fingerprint density at radius 2 is 1.85 bits per heavy atom. The summed E-state index contributed by atoms with van der Waals surface area (Å²) in [5, 5.41) is 2.84. The number of nitrogens with one attached hydrogen (secondary N) is 2. The lowest BCUT2D eigenvalue weighted by atomic mass is 10.1. The molecule has 0 bridgehead atoms. The van der Waals surface area contributed by atoms with Crippen LogP contribution in [0, 0.1) is 12.7 Å². The number of anilines is 2. The van der Waals surface area contributed by atoms with E-state index >= 15 is 0 Å². The molecule has 1 aliphatic heterocycles. The van der Waals surface area contributed by atoms with Crippen LogP contribution in [-0.4, -0.2) is 45.2 Å². The van der Waals surface area contributed by atoms with Gasteiger partial charge in [-0.2, -0.15) is 0 Å². The first-order valence-corrected chi connectivity index (χ1v) is 9.28. The summed E-state index contributed by atoms with van der Waals surface area (Å²) in [7, 11) is 1.66. The standard InChI is InChI=1S/C21H26FN3O2/c1-15-4-5-17(14-20(15)22)23-21(26)16(2)24-10-12-25(13-11-24)18-6-8-19(27-3)9-7-18/h4-9,14,16H,10-13H2,1-3H3,(H,23,26)/p+1/t16-/m1/s1. The molecule has 3 rings (SSSR count). The van der Waals surface area contributed by atoms with Gasteiger partial charge < -0.3 is 19.9 Å². The lowest BCUT2D eigenvalue weighted by Crippen LogP contribution is -3.19. The maximum absolute atomic E-state index is 13.7. The molecule has 0 aromatic heterocycles. The van der Waals surface area contributed by atoms with Crippen LogP contribution in [-0.2, 0) is 4.79 Å². The highest BCUT2D eigenvalue weighted by molar-refractivity contribution is 5.93. The van der Waals surface area contributed by atoms with Crippen LogP contribution in [0.3, 0.4) is 0 Å². The number of methoxy groups -OCH3 is 1. The van der Waals surface area contributed by atoms with Gasteiger partial charge in [-0.25, -0.2) is 4.39 Å². The van der Waals surface area contributed by atoms with E-state index in [-0.39, 0.29) is 17.8 Å². The predicted octanol–water partition coefficient (Wildman–Crippen LogP) is 1.87. The summed E-state index contributed by atoms with van der Waals surface area (Å²) in [5.74, 6) is 0.466. The normalized spacial score (nSPS) is 16.1. The first kappa shape index (κ1) is 19.2. The summed E-state index contributed by atoms with van der Waals surface area (Å²) in [4.78, 5) is 16.1. The van der Waals surface area contributed by atoms with E-state index < -0.39 is 0 Å². The number of piperazine rings is 1. The molecule has 1 atom stereocenters. The number of nitrogens with zero attached hydrogens (tertiary/aromatic N) is 1. The molecule has 0 aliphatic carbocycles. The Labute approximate surface area is 159 Å². The smallest absolute Gasteiger partial charge is 0.282 e. The maximum Gasteiger partial charge on any atom is 0.282 e. The van der Waals surface area contributed by atoms with Crippen molar-refractivity contribution in [2.45, 2.75) is 19.9 Å². The molecule has 144 valence electrons. The van der Waals surface area contributed by atoms with Crippen molar-refractivity contribution >= 4 is 17.3 Å². The lowest BCUT2D eigenvalue weighted by Gasteiger charge is -2.36. The van der Waals surface area contributed by atoms with Gasteiger partial charge in [-0.1, -0.05) is 6.07 Å². The third kappa shape index (κ3) is 4.57. The minimum absolute atomic E-state index is 0.0776. The molecule has 0 radical (unpaired) electrons. The average molecular weight is 372 g/mol. The monoisotopic (exact) mass is 372 g/mol. The first-order chi connectivity index (χ1) is 13.0. The minimum Gasteiger partial charge on any atom is -0.497 e. The molecule has 2 aromatic carbocycles. The molecule has 1 heterocycles. The van der Waals surface area contributed by atoms with Crippen molar-refractivity contribution < 1.29 is 18.8 Å². The molecule has 0 spiro atoms. The van der Waals surface area contributed by atoms with E-state index in [9.17, 15) is 9.18 Å². The highest BCUT2D eigenvalue weighted by Crippen LogP contribution is 2.19. The van der Waals surface area contributed by atoms with E-state index in [4.69, 9.17) is 4.74 Å². The average Bonchev–Trinajstić information content (AvgIpc) is 2.70. The summed E-state index contributed by atoms with van der Waals surface area (Å²) in [6, 6.07) is 12.6. The summed E-state index contributed by atoms with van der Waals surface area (Å²) in [6.07, 6.45) is 0. The van der Waals surface area contributed by atoms with Gasteiger partial charge >= 0.3 is 0 Å². The second kappa shape index (κ2) is 8.39. The zero-order valence-corrected chi connectivity index (χ0v) is 16.1.